The van der Waals surface area contributed by atoms with Gasteiger partial charge in [-0.05, 0) is 26.7 Å². The van der Waals surface area contributed by atoms with Crippen LogP contribution >= 0.6 is 0 Å². The van der Waals surface area contributed by atoms with E-state index < -0.39 is 15.3 Å². The smallest absolute Gasteiger partial charge is 0.176 e. The summed E-state index contributed by atoms with van der Waals surface area (Å²) in [7, 11) is -3.29. The van der Waals surface area contributed by atoms with E-state index in [0.717, 1.165) is 0 Å². The fourth-order valence-electron chi connectivity index (χ4n) is 0.777. The van der Waals surface area contributed by atoms with Gasteiger partial charge in [-0.15, -0.1) is 0 Å². The molecule has 0 aliphatic carbocycles. The Labute approximate surface area is 73.7 Å². The molecule has 0 rings (SSSR count). The van der Waals surface area contributed by atoms with Crippen molar-refractivity contribution < 1.29 is 13.5 Å². The SMILES string of the molecule is CC(N)CCCS(=O)(=O)C(C)O. The van der Waals surface area contributed by atoms with Crippen LogP contribution in [0.15, 0.2) is 0 Å². The predicted molar refractivity (Wildman–Crippen MR) is 48.4 cm³/mol. The Morgan fingerprint density at radius 1 is 1.42 bits per heavy atom. The van der Waals surface area contributed by atoms with Gasteiger partial charge in [-0.1, -0.05) is 0 Å². The lowest BCUT2D eigenvalue weighted by molar-refractivity contribution is 0.268. The van der Waals surface area contributed by atoms with Gasteiger partial charge in [0.25, 0.3) is 0 Å². The van der Waals surface area contributed by atoms with Gasteiger partial charge in [-0.25, -0.2) is 8.42 Å². The van der Waals surface area contributed by atoms with Gasteiger partial charge in [0, 0.05) is 6.04 Å². The molecule has 0 fully saturated rings. The third-order valence-electron chi connectivity index (χ3n) is 1.61. The molecule has 0 aromatic rings. The molecule has 0 saturated heterocycles. The van der Waals surface area contributed by atoms with Crippen LogP contribution in [0.2, 0.25) is 0 Å². The highest BCUT2D eigenvalue weighted by atomic mass is 32.2. The molecule has 0 aromatic carbocycles. The zero-order chi connectivity index (χ0) is 9.78. The number of hydrogen-bond acceptors (Lipinski definition) is 4. The largest absolute Gasteiger partial charge is 0.377 e. The first-order valence-electron chi connectivity index (χ1n) is 4.01. The zero-order valence-electron chi connectivity index (χ0n) is 7.53. The van der Waals surface area contributed by atoms with E-state index in [1.54, 1.807) is 0 Å². The van der Waals surface area contributed by atoms with Crippen molar-refractivity contribution in [2.24, 2.45) is 5.73 Å². The first-order chi connectivity index (χ1) is 5.36. The van der Waals surface area contributed by atoms with Crippen LogP contribution in [-0.4, -0.2) is 30.8 Å². The van der Waals surface area contributed by atoms with Gasteiger partial charge in [0.1, 0.15) is 0 Å². The maximum absolute atomic E-state index is 11.0. The van der Waals surface area contributed by atoms with Gasteiger partial charge in [0.15, 0.2) is 15.3 Å². The maximum Gasteiger partial charge on any atom is 0.176 e. The Hall–Kier alpha value is -0.130. The molecule has 0 heterocycles. The van der Waals surface area contributed by atoms with Gasteiger partial charge < -0.3 is 10.8 Å². The minimum atomic E-state index is -3.29. The Balaban J connectivity index is 3.79. The molecule has 5 heteroatoms. The number of hydrogen-bond donors (Lipinski definition) is 2. The van der Waals surface area contributed by atoms with Crippen LogP contribution < -0.4 is 5.73 Å². The summed E-state index contributed by atoms with van der Waals surface area (Å²) >= 11 is 0. The highest BCUT2D eigenvalue weighted by Crippen LogP contribution is 2.03. The van der Waals surface area contributed by atoms with E-state index in [-0.39, 0.29) is 11.8 Å². The molecule has 0 saturated carbocycles. The summed E-state index contributed by atoms with van der Waals surface area (Å²) in [4.78, 5) is 0. The van der Waals surface area contributed by atoms with Gasteiger partial charge >= 0.3 is 0 Å². The van der Waals surface area contributed by atoms with E-state index in [4.69, 9.17) is 10.8 Å². The second-order valence-corrected chi connectivity index (χ2v) is 5.50. The van der Waals surface area contributed by atoms with Gasteiger partial charge in [-0.2, -0.15) is 0 Å². The fraction of sp³-hybridized carbons (Fsp3) is 1.00. The van der Waals surface area contributed by atoms with Crippen molar-refractivity contribution in [2.45, 2.75) is 38.2 Å². The lowest BCUT2D eigenvalue weighted by atomic mass is 10.2. The van der Waals surface area contributed by atoms with Crippen molar-refractivity contribution in [3.63, 3.8) is 0 Å². The third-order valence-corrected chi connectivity index (χ3v) is 3.51. The highest BCUT2D eigenvalue weighted by molar-refractivity contribution is 7.91. The normalized spacial score (nSPS) is 17.3. The second kappa shape index (κ2) is 4.79. The molecule has 0 radical (unpaired) electrons. The number of sulfone groups is 1. The fourth-order valence-corrected chi connectivity index (χ4v) is 1.69. The van der Waals surface area contributed by atoms with Gasteiger partial charge in [0.2, 0.25) is 0 Å². The Morgan fingerprint density at radius 2 is 1.92 bits per heavy atom. The molecule has 4 nitrogen and oxygen atoms in total. The molecule has 0 aliphatic heterocycles. The minimum Gasteiger partial charge on any atom is -0.377 e. The van der Waals surface area contributed by atoms with Crippen molar-refractivity contribution in [1.82, 2.24) is 0 Å². The van der Waals surface area contributed by atoms with E-state index in [1.807, 2.05) is 6.92 Å². The van der Waals surface area contributed by atoms with Crippen LogP contribution in [0.1, 0.15) is 26.7 Å². The lowest BCUT2D eigenvalue weighted by Gasteiger charge is -2.07. The molecule has 12 heavy (non-hydrogen) atoms. The van der Waals surface area contributed by atoms with Crippen molar-refractivity contribution in [3.05, 3.63) is 0 Å². The highest BCUT2D eigenvalue weighted by Gasteiger charge is 2.16. The number of aliphatic hydroxyl groups is 1. The molecule has 3 N–H and O–H groups in total. The predicted octanol–water partition coefficient (Wildman–Crippen LogP) is -0.133. The van der Waals surface area contributed by atoms with Gasteiger partial charge in [0.05, 0.1) is 5.75 Å². The van der Waals surface area contributed by atoms with Crippen LogP contribution in [0.4, 0.5) is 0 Å². The Bertz CT molecular complexity index is 209. The zero-order valence-corrected chi connectivity index (χ0v) is 8.34. The van der Waals surface area contributed by atoms with E-state index in [9.17, 15) is 8.42 Å². The van der Waals surface area contributed by atoms with Crippen molar-refractivity contribution in [1.29, 1.82) is 0 Å². The topological polar surface area (TPSA) is 80.4 Å². The quantitative estimate of drug-likeness (QED) is 0.640. The summed E-state index contributed by atoms with van der Waals surface area (Å²) < 4.78 is 22.0. The summed E-state index contributed by atoms with van der Waals surface area (Å²) in [5, 5.41) is 8.83. The van der Waals surface area contributed by atoms with Crippen LogP contribution in [0, 0.1) is 0 Å². The second-order valence-electron chi connectivity index (χ2n) is 3.09. The van der Waals surface area contributed by atoms with Crippen LogP contribution in [-0.2, 0) is 9.84 Å². The van der Waals surface area contributed by atoms with E-state index in [0.29, 0.717) is 12.8 Å². The molecule has 0 spiro atoms. The molecule has 0 bridgehead atoms. The number of aliphatic hydroxyl groups excluding tert-OH is 1. The van der Waals surface area contributed by atoms with Crippen LogP contribution in [0.25, 0.3) is 0 Å². The Kier molecular flexibility index (Phi) is 4.74. The minimum absolute atomic E-state index is 0.0200. The number of nitrogens with two attached hydrogens (primary N) is 1. The monoisotopic (exact) mass is 195 g/mol. The average Bonchev–Trinajstić information content (AvgIpc) is 1.85. The summed E-state index contributed by atoms with van der Waals surface area (Å²) in [6.45, 7) is 3.09. The van der Waals surface area contributed by atoms with Gasteiger partial charge in [-0.3, -0.25) is 0 Å². The Morgan fingerprint density at radius 3 is 2.25 bits per heavy atom. The molecular weight excluding hydrogens is 178 g/mol. The van der Waals surface area contributed by atoms with Crippen molar-refractivity contribution in [3.8, 4) is 0 Å². The third kappa shape index (κ3) is 4.69. The van der Waals surface area contributed by atoms with Crippen molar-refractivity contribution in [2.75, 3.05) is 5.75 Å². The summed E-state index contributed by atoms with van der Waals surface area (Å²) in [6, 6.07) is 0.0224. The summed E-state index contributed by atoms with van der Waals surface area (Å²) in [6.07, 6.45) is 1.19. The van der Waals surface area contributed by atoms with Crippen LogP contribution in [0.3, 0.4) is 0 Å². The molecule has 2 unspecified atom stereocenters. The first kappa shape index (κ1) is 11.9. The molecule has 0 aliphatic rings. The van der Waals surface area contributed by atoms with E-state index in [2.05, 4.69) is 0 Å². The maximum atomic E-state index is 11.0. The summed E-state index contributed by atoms with van der Waals surface area (Å²) in [5.41, 5.74) is 4.18. The van der Waals surface area contributed by atoms with Crippen molar-refractivity contribution >= 4 is 9.84 Å². The molecule has 0 aromatic heterocycles. The molecular formula is C7H17NO3S. The molecule has 2 atom stereocenters. The lowest BCUT2D eigenvalue weighted by Crippen LogP contribution is -2.22. The first-order valence-corrected chi connectivity index (χ1v) is 5.73. The molecule has 74 valence electrons. The number of rotatable bonds is 5. The van der Waals surface area contributed by atoms with E-state index >= 15 is 0 Å². The average molecular weight is 195 g/mol. The molecule has 0 amide bonds. The standard InChI is InChI=1S/C7H17NO3S/c1-6(8)4-3-5-12(10,11)7(2)9/h6-7,9H,3-5,8H2,1-2H3. The van der Waals surface area contributed by atoms with Crippen LogP contribution in [0.5, 0.6) is 0 Å². The summed E-state index contributed by atoms with van der Waals surface area (Å²) in [5.74, 6) is 0.0200. The van der Waals surface area contributed by atoms with E-state index in [1.165, 1.54) is 6.92 Å².